The van der Waals surface area contributed by atoms with Crippen molar-refractivity contribution >= 4 is 11.8 Å². The third-order valence-corrected chi connectivity index (χ3v) is 3.58. The van der Waals surface area contributed by atoms with E-state index < -0.39 is 11.8 Å². The maximum Gasteiger partial charge on any atom is 0.309 e. The van der Waals surface area contributed by atoms with Crippen LogP contribution in [0.2, 0.25) is 0 Å². The molecule has 2 rings (SSSR count). The molecule has 1 saturated carbocycles. The first-order chi connectivity index (χ1) is 10.2. The molecule has 1 aromatic rings. The van der Waals surface area contributed by atoms with E-state index in [0.717, 1.165) is 37.0 Å². The number of nitrogens with one attached hydrogen (secondary N) is 2. The molecule has 0 aromatic heterocycles. The highest BCUT2D eigenvalue weighted by Gasteiger charge is 2.20. The Kier molecular flexibility index (Phi) is 5.60. The molecule has 1 aliphatic carbocycles. The van der Waals surface area contributed by atoms with E-state index in [4.69, 9.17) is 4.74 Å². The van der Waals surface area contributed by atoms with Gasteiger partial charge in [0.25, 0.3) is 0 Å². The number of carbonyl (C=O) groups is 2. The summed E-state index contributed by atoms with van der Waals surface area (Å²) in [5, 5.41) is 5.40. The summed E-state index contributed by atoms with van der Waals surface area (Å²) in [5.74, 6) is -0.310. The first-order valence-electron chi connectivity index (χ1n) is 7.49. The van der Waals surface area contributed by atoms with Crippen LogP contribution in [-0.4, -0.2) is 24.5 Å². The molecule has 0 aliphatic heterocycles. The number of rotatable bonds is 5. The maximum absolute atomic E-state index is 11.7. The van der Waals surface area contributed by atoms with Crippen LogP contribution in [-0.2, 0) is 16.1 Å². The molecule has 0 atom stereocenters. The lowest BCUT2D eigenvalue weighted by Gasteiger charge is -2.11. The van der Waals surface area contributed by atoms with Crippen molar-refractivity contribution in [1.82, 2.24) is 10.6 Å². The fourth-order valence-corrected chi connectivity index (χ4v) is 2.45. The lowest BCUT2D eigenvalue weighted by molar-refractivity contribution is -0.139. The molecular weight excluding hydrogens is 268 g/mol. The normalized spacial score (nSPS) is 14.7. The van der Waals surface area contributed by atoms with Crippen molar-refractivity contribution in [3.8, 4) is 5.75 Å². The van der Waals surface area contributed by atoms with Gasteiger partial charge in [-0.05, 0) is 37.5 Å². The topological polar surface area (TPSA) is 67.4 Å². The number of hydrogen-bond acceptors (Lipinski definition) is 3. The molecule has 0 spiro atoms. The van der Waals surface area contributed by atoms with E-state index in [1.165, 1.54) is 0 Å². The molecule has 1 aliphatic rings. The van der Waals surface area contributed by atoms with E-state index in [-0.39, 0.29) is 6.04 Å². The summed E-state index contributed by atoms with van der Waals surface area (Å²) >= 11 is 0. The molecule has 114 valence electrons. The van der Waals surface area contributed by atoms with Crippen LogP contribution in [0.3, 0.4) is 0 Å². The molecule has 1 fully saturated rings. The van der Waals surface area contributed by atoms with Crippen molar-refractivity contribution in [1.29, 1.82) is 0 Å². The van der Waals surface area contributed by atoms with Crippen molar-refractivity contribution < 1.29 is 14.3 Å². The largest absolute Gasteiger partial charge is 0.494 e. The van der Waals surface area contributed by atoms with Gasteiger partial charge in [0.05, 0.1) is 6.61 Å². The Bertz CT molecular complexity index is 479. The first-order valence-corrected chi connectivity index (χ1v) is 7.49. The highest BCUT2D eigenvalue weighted by molar-refractivity contribution is 6.35. The van der Waals surface area contributed by atoms with E-state index in [1.807, 2.05) is 31.2 Å². The van der Waals surface area contributed by atoms with Gasteiger partial charge in [-0.3, -0.25) is 9.59 Å². The van der Waals surface area contributed by atoms with E-state index in [1.54, 1.807) is 0 Å². The molecular formula is C16H22N2O3. The number of hydrogen-bond donors (Lipinski definition) is 2. The summed E-state index contributed by atoms with van der Waals surface area (Å²) in [6, 6.07) is 7.61. The predicted molar refractivity (Wildman–Crippen MR) is 79.9 cm³/mol. The number of carbonyl (C=O) groups excluding carboxylic acids is 2. The Morgan fingerprint density at radius 3 is 2.43 bits per heavy atom. The van der Waals surface area contributed by atoms with Crippen LogP contribution < -0.4 is 15.4 Å². The van der Waals surface area contributed by atoms with Gasteiger partial charge in [0.15, 0.2) is 0 Å². The SMILES string of the molecule is CCOc1ccc(CNC(=O)C(=O)NC2CCCC2)cc1. The van der Waals surface area contributed by atoms with Gasteiger partial charge >= 0.3 is 11.8 Å². The first kappa shape index (κ1) is 15.4. The predicted octanol–water partition coefficient (Wildman–Crippen LogP) is 1.76. The Hall–Kier alpha value is -2.04. The lowest BCUT2D eigenvalue weighted by atomic mass is 10.2. The quantitative estimate of drug-likeness (QED) is 0.812. The standard InChI is InChI=1S/C16H22N2O3/c1-2-21-14-9-7-12(8-10-14)11-17-15(19)16(20)18-13-5-3-4-6-13/h7-10,13H,2-6,11H2,1H3,(H,17,19)(H,18,20). The lowest BCUT2D eigenvalue weighted by Crippen LogP contribution is -2.43. The Labute approximate surface area is 125 Å². The summed E-state index contributed by atoms with van der Waals surface area (Å²) in [6.45, 7) is 2.89. The number of benzene rings is 1. The van der Waals surface area contributed by atoms with E-state index in [9.17, 15) is 9.59 Å². The molecule has 0 saturated heterocycles. The Morgan fingerprint density at radius 2 is 1.81 bits per heavy atom. The highest BCUT2D eigenvalue weighted by Crippen LogP contribution is 2.17. The van der Waals surface area contributed by atoms with Gasteiger partial charge in [0.1, 0.15) is 5.75 Å². The zero-order valence-corrected chi connectivity index (χ0v) is 12.4. The van der Waals surface area contributed by atoms with Gasteiger partial charge < -0.3 is 15.4 Å². The third kappa shape index (κ3) is 4.77. The van der Waals surface area contributed by atoms with Gasteiger partial charge in [-0.15, -0.1) is 0 Å². The molecule has 0 unspecified atom stereocenters. The van der Waals surface area contributed by atoms with Crippen molar-refractivity contribution in [2.75, 3.05) is 6.61 Å². The minimum Gasteiger partial charge on any atom is -0.494 e. The average molecular weight is 290 g/mol. The van der Waals surface area contributed by atoms with Gasteiger partial charge in [0, 0.05) is 12.6 Å². The summed E-state index contributed by atoms with van der Waals surface area (Å²) in [6.07, 6.45) is 4.19. The highest BCUT2D eigenvalue weighted by atomic mass is 16.5. The fraction of sp³-hybridized carbons (Fsp3) is 0.500. The molecule has 5 nitrogen and oxygen atoms in total. The van der Waals surface area contributed by atoms with Crippen molar-refractivity contribution in [3.63, 3.8) is 0 Å². The maximum atomic E-state index is 11.7. The Balaban J connectivity index is 1.75. The molecule has 0 radical (unpaired) electrons. The van der Waals surface area contributed by atoms with Crippen LogP contribution in [0.4, 0.5) is 0 Å². The second kappa shape index (κ2) is 7.67. The van der Waals surface area contributed by atoms with Crippen LogP contribution in [0.15, 0.2) is 24.3 Å². The molecule has 0 bridgehead atoms. The summed E-state index contributed by atoms with van der Waals surface area (Å²) < 4.78 is 5.35. The van der Waals surface area contributed by atoms with Crippen LogP contribution in [0, 0.1) is 0 Å². The number of ether oxygens (including phenoxy) is 1. The van der Waals surface area contributed by atoms with Crippen LogP contribution in [0.5, 0.6) is 5.75 Å². The molecule has 21 heavy (non-hydrogen) atoms. The minimum atomic E-state index is -0.573. The van der Waals surface area contributed by atoms with Crippen molar-refractivity contribution in [2.45, 2.75) is 45.2 Å². The zero-order chi connectivity index (χ0) is 15.1. The van der Waals surface area contributed by atoms with Crippen LogP contribution in [0.25, 0.3) is 0 Å². The second-order valence-corrected chi connectivity index (χ2v) is 5.21. The summed E-state index contributed by atoms with van der Waals surface area (Å²) in [4.78, 5) is 23.4. The third-order valence-electron chi connectivity index (χ3n) is 3.58. The van der Waals surface area contributed by atoms with Crippen LogP contribution in [0.1, 0.15) is 38.2 Å². The molecule has 2 N–H and O–H groups in total. The van der Waals surface area contributed by atoms with Gasteiger partial charge in [-0.25, -0.2) is 0 Å². The second-order valence-electron chi connectivity index (χ2n) is 5.21. The van der Waals surface area contributed by atoms with Crippen molar-refractivity contribution in [3.05, 3.63) is 29.8 Å². The number of amides is 2. The summed E-state index contributed by atoms with van der Waals surface area (Å²) in [5.41, 5.74) is 0.931. The molecule has 1 aromatic carbocycles. The van der Waals surface area contributed by atoms with Gasteiger partial charge in [-0.2, -0.15) is 0 Å². The fourth-order valence-electron chi connectivity index (χ4n) is 2.45. The Morgan fingerprint density at radius 1 is 1.14 bits per heavy atom. The molecule has 5 heteroatoms. The monoisotopic (exact) mass is 290 g/mol. The van der Waals surface area contributed by atoms with E-state index in [2.05, 4.69) is 10.6 Å². The van der Waals surface area contributed by atoms with Crippen molar-refractivity contribution in [2.24, 2.45) is 0 Å². The average Bonchev–Trinajstić information content (AvgIpc) is 2.99. The van der Waals surface area contributed by atoms with Gasteiger partial charge in [-0.1, -0.05) is 25.0 Å². The zero-order valence-electron chi connectivity index (χ0n) is 12.4. The summed E-state index contributed by atoms with van der Waals surface area (Å²) in [7, 11) is 0. The van der Waals surface area contributed by atoms with E-state index in [0.29, 0.717) is 13.2 Å². The minimum absolute atomic E-state index is 0.161. The molecule has 2 amide bonds. The van der Waals surface area contributed by atoms with Gasteiger partial charge in [0.2, 0.25) is 0 Å². The van der Waals surface area contributed by atoms with Crippen LogP contribution >= 0.6 is 0 Å². The van der Waals surface area contributed by atoms with E-state index >= 15 is 0 Å². The molecule has 0 heterocycles. The smallest absolute Gasteiger partial charge is 0.309 e.